The number of rotatable bonds is 7. The summed E-state index contributed by atoms with van der Waals surface area (Å²) in [5, 5.41) is 18.2. The Labute approximate surface area is 202 Å². The zero-order valence-electron chi connectivity index (χ0n) is 19.4. The number of amides is 2. The molecular weight excluding hydrogens is 446 g/mol. The quantitative estimate of drug-likeness (QED) is 0.504. The molecule has 9 nitrogen and oxygen atoms in total. The van der Waals surface area contributed by atoms with Crippen LogP contribution in [0.2, 0.25) is 0 Å². The molecule has 9 heteroatoms. The molecule has 3 fully saturated rings. The number of nitrogens with zero attached hydrogens (tertiary/aromatic N) is 4. The Hall–Kier alpha value is -3.59. The minimum atomic E-state index is -0.627. The summed E-state index contributed by atoms with van der Waals surface area (Å²) in [6, 6.07) is 11.1. The monoisotopic (exact) mass is 473 g/mol. The highest BCUT2D eigenvalue weighted by Crippen LogP contribution is 2.59. The molecule has 180 valence electrons. The molecule has 5 atom stereocenters. The summed E-state index contributed by atoms with van der Waals surface area (Å²) >= 11 is 0. The lowest BCUT2D eigenvalue weighted by atomic mass is 10.00. The molecule has 3 aromatic rings. The van der Waals surface area contributed by atoms with Gasteiger partial charge in [0.1, 0.15) is 18.3 Å². The minimum Gasteiger partial charge on any atom is -0.396 e. The number of carbonyl (C=O) groups is 3. The molecule has 0 unspecified atom stereocenters. The molecule has 2 aliphatic carbocycles. The van der Waals surface area contributed by atoms with Crippen molar-refractivity contribution in [1.29, 1.82) is 0 Å². The van der Waals surface area contributed by atoms with Gasteiger partial charge in [0.2, 0.25) is 11.8 Å². The minimum absolute atomic E-state index is 0.0512. The van der Waals surface area contributed by atoms with E-state index in [4.69, 9.17) is 0 Å². The molecule has 6 rings (SSSR count). The molecule has 2 N–H and O–H groups in total. The van der Waals surface area contributed by atoms with E-state index in [9.17, 15) is 19.5 Å². The van der Waals surface area contributed by atoms with Crippen LogP contribution in [0.3, 0.4) is 0 Å². The third-order valence-electron chi connectivity index (χ3n) is 7.84. The first-order valence-corrected chi connectivity index (χ1v) is 12.0. The lowest BCUT2D eigenvalue weighted by Crippen LogP contribution is -2.49. The maximum atomic E-state index is 13.5. The molecule has 1 aliphatic heterocycles. The Morgan fingerprint density at radius 2 is 1.97 bits per heavy atom. The summed E-state index contributed by atoms with van der Waals surface area (Å²) in [6.07, 6.45) is 5.20. The van der Waals surface area contributed by atoms with Crippen molar-refractivity contribution >= 4 is 28.5 Å². The largest absolute Gasteiger partial charge is 0.396 e. The average Bonchev–Trinajstić information content (AvgIpc) is 3.73. The SMILES string of the molecule is CC(=O)c1nn(CC(=O)N2[C@H](C(=O)N[C@@H]3C[C@H]3c3ccccc3)C[C@@]3(CO)C[C@@H]23)c2cnccc12. The van der Waals surface area contributed by atoms with Gasteiger partial charge >= 0.3 is 0 Å². The number of hydrogen-bond donors (Lipinski definition) is 2. The van der Waals surface area contributed by atoms with E-state index >= 15 is 0 Å². The number of fused-ring (bicyclic) bond motifs is 2. The first kappa shape index (κ1) is 21.9. The number of Topliss-reactive ketones (excluding diaryl/α,β-unsaturated/α-hetero) is 1. The Balaban J connectivity index is 1.21. The van der Waals surface area contributed by atoms with Crippen LogP contribution < -0.4 is 5.32 Å². The fraction of sp³-hybridized carbons (Fsp3) is 0.423. The van der Waals surface area contributed by atoms with Gasteiger partial charge < -0.3 is 15.3 Å². The Morgan fingerprint density at radius 1 is 1.17 bits per heavy atom. The van der Waals surface area contributed by atoms with E-state index < -0.39 is 11.5 Å². The number of benzene rings is 1. The topological polar surface area (TPSA) is 117 Å². The van der Waals surface area contributed by atoms with Crippen molar-refractivity contribution in [2.45, 2.75) is 56.8 Å². The molecule has 0 spiro atoms. The molecule has 3 heterocycles. The number of aromatic nitrogens is 3. The van der Waals surface area contributed by atoms with Crippen molar-refractivity contribution in [1.82, 2.24) is 25.0 Å². The molecule has 35 heavy (non-hydrogen) atoms. The fourth-order valence-corrected chi connectivity index (χ4v) is 5.75. The number of pyridine rings is 1. The number of nitrogens with one attached hydrogen (secondary N) is 1. The number of piperidine rings is 1. The number of ketones is 1. The Morgan fingerprint density at radius 3 is 2.71 bits per heavy atom. The van der Waals surface area contributed by atoms with Crippen LogP contribution in [-0.2, 0) is 16.1 Å². The highest BCUT2D eigenvalue weighted by atomic mass is 16.3. The second kappa shape index (κ2) is 7.98. The van der Waals surface area contributed by atoms with Crippen molar-refractivity contribution in [3.05, 3.63) is 60.0 Å². The van der Waals surface area contributed by atoms with Crippen molar-refractivity contribution in [2.24, 2.45) is 5.41 Å². The van der Waals surface area contributed by atoms with Crippen LogP contribution in [0.4, 0.5) is 0 Å². The fourth-order valence-electron chi connectivity index (χ4n) is 5.75. The summed E-state index contributed by atoms with van der Waals surface area (Å²) < 4.78 is 1.49. The van der Waals surface area contributed by atoms with Crippen LogP contribution in [0.1, 0.15) is 48.2 Å². The normalized spacial score (nSPS) is 28.6. The van der Waals surface area contributed by atoms with Gasteiger partial charge in [-0.15, -0.1) is 0 Å². The number of carbonyl (C=O) groups excluding carboxylic acids is 3. The van der Waals surface area contributed by atoms with Crippen LogP contribution in [-0.4, -0.2) is 67.1 Å². The Kier molecular flexibility index (Phi) is 5.00. The van der Waals surface area contributed by atoms with Crippen molar-refractivity contribution in [2.75, 3.05) is 6.61 Å². The van der Waals surface area contributed by atoms with Crippen LogP contribution in [0.25, 0.3) is 10.9 Å². The molecule has 2 aromatic heterocycles. The highest BCUT2D eigenvalue weighted by Gasteiger charge is 2.67. The van der Waals surface area contributed by atoms with Gasteiger partial charge in [-0.1, -0.05) is 30.3 Å². The predicted octanol–water partition coefficient (Wildman–Crippen LogP) is 1.66. The highest BCUT2D eigenvalue weighted by molar-refractivity contribution is 6.04. The van der Waals surface area contributed by atoms with Gasteiger partial charge in [0, 0.05) is 41.9 Å². The summed E-state index contributed by atoms with van der Waals surface area (Å²) in [5.41, 5.74) is 1.69. The molecule has 3 aliphatic rings. The van der Waals surface area contributed by atoms with Gasteiger partial charge in [-0.3, -0.25) is 24.0 Å². The van der Waals surface area contributed by atoms with E-state index in [1.807, 2.05) is 18.2 Å². The third kappa shape index (κ3) is 3.61. The first-order chi connectivity index (χ1) is 16.9. The van der Waals surface area contributed by atoms with E-state index in [1.165, 1.54) is 17.2 Å². The van der Waals surface area contributed by atoms with E-state index in [0.717, 1.165) is 6.42 Å². The molecule has 0 bridgehead atoms. The summed E-state index contributed by atoms with van der Waals surface area (Å²) in [6.45, 7) is 1.29. The van der Waals surface area contributed by atoms with Crippen molar-refractivity contribution < 1.29 is 19.5 Å². The smallest absolute Gasteiger partial charge is 0.245 e. The molecular formula is C26H27N5O4. The maximum absolute atomic E-state index is 13.5. The van der Waals surface area contributed by atoms with Gasteiger partial charge in [-0.25, -0.2) is 0 Å². The van der Waals surface area contributed by atoms with Crippen LogP contribution >= 0.6 is 0 Å². The molecule has 0 radical (unpaired) electrons. The summed E-state index contributed by atoms with van der Waals surface area (Å²) in [7, 11) is 0. The maximum Gasteiger partial charge on any atom is 0.245 e. The van der Waals surface area contributed by atoms with Gasteiger partial charge in [0.05, 0.1) is 18.3 Å². The van der Waals surface area contributed by atoms with Gasteiger partial charge in [-0.05, 0) is 30.9 Å². The third-order valence-corrected chi connectivity index (χ3v) is 7.84. The molecule has 2 saturated carbocycles. The van der Waals surface area contributed by atoms with Crippen LogP contribution in [0.15, 0.2) is 48.8 Å². The van der Waals surface area contributed by atoms with Crippen LogP contribution in [0, 0.1) is 5.41 Å². The number of likely N-dealkylation sites (tertiary alicyclic amines) is 1. The lowest BCUT2D eigenvalue weighted by Gasteiger charge is -2.27. The standard InChI is InChI=1S/C26H27N5O4/c1-15(33)24-17-7-8-27-12-21(17)30(29-24)13-23(34)31-20(10-26(14-32)11-22(26)31)25(35)28-19-9-18(19)16-5-3-2-4-6-16/h2-8,12,18-20,22,32H,9-11,13-14H2,1H3,(H,28,35)/t18-,19+,20-,22+,26-/m0/s1. The van der Waals surface area contributed by atoms with Crippen LogP contribution in [0.5, 0.6) is 0 Å². The van der Waals surface area contributed by atoms with E-state index in [1.54, 1.807) is 23.4 Å². The molecule has 1 saturated heterocycles. The zero-order chi connectivity index (χ0) is 24.3. The van der Waals surface area contributed by atoms with Crippen molar-refractivity contribution in [3.63, 3.8) is 0 Å². The lowest BCUT2D eigenvalue weighted by molar-refractivity contribution is -0.140. The van der Waals surface area contributed by atoms with Gasteiger partial charge in [-0.2, -0.15) is 5.10 Å². The van der Waals surface area contributed by atoms with E-state index in [0.29, 0.717) is 35.4 Å². The molecule has 1 aromatic carbocycles. The number of aliphatic hydroxyl groups excluding tert-OH is 1. The Bertz CT molecular complexity index is 1340. The summed E-state index contributed by atoms with van der Waals surface area (Å²) in [4.78, 5) is 44.7. The van der Waals surface area contributed by atoms with Gasteiger partial charge in [0.25, 0.3) is 0 Å². The average molecular weight is 474 g/mol. The van der Waals surface area contributed by atoms with Crippen molar-refractivity contribution in [3.8, 4) is 0 Å². The second-order valence-electron chi connectivity index (χ2n) is 10.1. The zero-order valence-corrected chi connectivity index (χ0v) is 19.4. The van der Waals surface area contributed by atoms with Gasteiger partial charge in [0.15, 0.2) is 5.78 Å². The number of aliphatic hydroxyl groups is 1. The molecule has 2 amide bonds. The van der Waals surface area contributed by atoms with E-state index in [-0.39, 0.29) is 42.8 Å². The van der Waals surface area contributed by atoms with E-state index in [2.05, 4.69) is 27.5 Å². The predicted molar refractivity (Wildman–Crippen MR) is 126 cm³/mol. The number of hydrogen-bond acceptors (Lipinski definition) is 6. The second-order valence-corrected chi connectivity index (χ2v) is 10.1. The summed E-state index contributed by atoms with van der Waals surface area (Å²) in [5.74, 6) is -0.315. The first-order valence-electron chi connectivity index (χ1n) is 12.0.